The standard InChI is InChI=1S/C14H11N3O3S2/c1-16(14(18)9-6-13(17(19)20)21-8-9)7-12-15-10-4-2-3-5-11(10)22-12/h2-6,8H,7H2,1H3. The van der Waals surface area contributed by atoms with Crippen molar-refractivity contribution in [2.75, 3.05) is 7.05 Å². The van der Waals surface area contributed by atoms with E-state index in [1.165, 1.54) is 27.7 Å². The van der Waals surface area contributed by atoms with Crippen LogP contribution < -0.4 is 0 Å². The number of para-hydroxylation sites is 1. The van der Waals surface area contributed by atoms with Gasteiger partial charge in [0.2, 0.25) is 0 Å². The van der Waals surface area contributed by atoms with Gasteiger partial charge in [0, 0.05) is 18.5 Å². The zero-order valence-electron chi connectivity index (χ0n) is 11.6. The van der Waals surface area contributed by atoms with Crippen molar-refractivity contribution < 1.29 is 9.72 Å². The predicted molar refractivity (Wildman–Crippen MR) is 86.4 cm³/mol. The molecule has 0 fully saturated rings. The van der Waals surface area contributed by atoms with E-state index in [-0.39, 0.29) is 10.9 Å². The van der Waals surface area contributed by atoms with Crippen molar-refractivity contribution in [3.63, 3.8) is 0 Å². The minimum absolute atomic E-state index is 0.0308. The fraction of sp³-hybridized carbons (Fsp3) is 0.143. The molecular formula is C14H11N3O3S2. The van der Waals surface area contributed by atoms with E-state index in [1.807, 2.05) is 24.3 Å². The number of fused-ring (bicyclic) bond motifs is 1. The van der Waals surface area contributed by atoms with Gasteiger partial charge in [-0.3, -0.25) is 14.9 Å². The Kier molecular flexibility index (Phi) is 3.86. The zero-order chi connectivity index (χ0) is 15.7. The van der Waals surface area contributed by atoms with E-state index in [4.69, 9.17) is 0 Å². The highest BCUT2D eigenvalue weighted by atomic mass is 32.1. The topological polar surface area (TPSA) is 76.3 Å². The lowest BCUT2D eigenvalue weighted by Gasteiger charge is -2.14. The number of amides is 1. The van der Waals surface area contributed by atoms with Crippen LogP contribution in [0.5, 0.6) is 0 Å². The monoisotopic (exact) mass is 333 g/mol. The van der Waals surface area contributed by atoms with Gasteiger partial charge in [0.05, 0.1) is 27.2 Å². The molecule has 22 heavy (non-hydrogen) atoms. The van der Waals surface area contributed by atoms with E-state index in [2.05, 4.69) is 4.98 Å². The Balaban J connectivity index is 1.76. The molecule has 2 heterocycles. The van der Waals surface area contributed by atoms with Crippen LogP contribution in [0.1, 0.15) is 15.4 Å². The van der Waals surface area contributed by atoms with Crippen molar-refractivity contribution in [1.82, 2.24) is 9.88 Å². The highest BCUT2D eigenvalue weighted by molar-refractivity contribution is 7.18. The molecule has 0 aliphatic rings. The maximum atomic E-state index is 12.3. The minimum atomic E-state index is -0.491. The molecule has 0 radical (unpaired) electrons. The summed E-state index contributed by atoms with van der Waals surface area (Å²) >= 11 is 2.49. The number of carbonyl (C=O) groups excluding carboxylic acids is 1. The Morgan fingerprint density at radius 1 is 1.41 bits per heavy atom. The van der Waals surface area contributed by atoms with Gasteiger partial charge in [-0.05, 0) is 12.1 Å². The van der Waals surface area contributed by atoms with Gasteiger partial charge in [0.1, 0.15) is 5.01 Å². The van der Waals surface area contributed by atoms with Crippen molar-refractivity contribution >= 4 is 43.8 Å². The summed E-state index contributed by atoms with van der Waals surface area (Å²) in [5.74, 6) is -0.247. The second kappa shape index (κ2) is 5.82. The second-order valence-electron chi connectivity index (χ2n) is 4.67. The van der Waals surface area contributed by atoms with Gasteiger partial charge in [0.15, 0.2) is 0 Å². The van der Waals surface area contributed by atoms with E-state index in [1.54, 1.807) is 7.05 Å². The van der Waals surface area contributed by atoms with E-state index >= 15 is 0 Å². The van der Waals surface area contributed by atoms with Crippen LogP contribution in [0.2, 0.25) is 0 Å². The van der Waals surface area contributed by atoms with Crippen LogP contribution in [0.4, 0.5) is 5.00 Å². The Hall–Kier alpha value is -2.32. The summed E-state index contributed by atoms with van der Waals surface area (Å²) < 4.78 is 1.07. The van der Waals surface area contributed by atoms with Gasteiger partial charge in [-0.2, -0.15) is 0 Å². The van der Waals surface area contributed by atoms with E-state index in [0.29, 0.717) is 12.1 Å². The number of hydrogen-bond acceptors (Lipinski definition) is 6. The first kappa shape index (κ1) is 14.6. The first-order valence-electron chi connectivity index (χ1n) is 6.37. The van der Waals surface area contributed by atoms with E-state index < -0.39 is 4.92 Å². The number of nitro groups is 1. The fourth-order valence-electron chi connectivity index (χ4n) is 2.02. The normalized spacial score (nSPS) is 10.8. The first-order chi connectivity index (χ1) is 10.5. The molecule has 3 rings (SSSR count). The summed E-state index contributed by atoms with van der Waals surface area (Å²) in [5, 5.41) is 13.0. The lowest BCUT2D eigenvalue weighted by molar-refractivity contribution is -0.380. The van der Waals surface area contributed by atoms with Gasteiger partial charge in [-0.25, -0.2) is 4.98 Å². The van der Waals surface area contributed by atoms with Crippen molar-refractivity contribution in [2.45, 2.75) is 6.54 Å². The average Bonchev–Trinajstić information content (AvgIpc) is 3.12. The minimum Gasteiger partial charge on any atom is -0.335 e. The molecule has 6 nitrogen and oxygen atoms in total. The van der Waals surface area contributed by atoms with Gasteiger partial charge in [-0.1, -0.05) is 23.5 Å². The van der Waals surface area contributed by atoms with Crippen molar-refractivity contribution in [3.05, 3.63) is 56.4 Å². The molecule has 0 aliphatic carbocycles. The van der Waals surface area contributed by atoms with Gasteiger partial charge in [-0.15, -0.1) is 11.3 Å². The highest BCUT2D eigenvalue weighted by Crippen LogP contribution is 2.25. The Labute approximate surface area is 133 Å². The molecule has 2 aromatic heterocycles. The summed E-state index contributed by atoms with van der Waals surface area (Å²) in [5.41, 5.74) is 1.25. The average molecular weight is 333 g/mol. The molecule has 0 saturated carbocycles. The Morgan fingerprint density at radius 2 is 2.18 bits per heavy atom. The van der Waals surface area contributed by atoms with Crippen LogP contribution in [0.3, 0.4) is 0 Å². The maximum absolute atomic E-state index is 12.3. The lowest BCUT2D eigenvalue weighted by atomic mass is 10.3. The summed E-state index contributed by atoms with van der Waals surface area (Å²) in [6.07, 6.45) is 0. The molecular weight excluding hydrogens is 322 g/mol. The van der Waals surface area contributed by atoms with Crippen molar-refractivity contribution in [1.29, 1.82) is 0 Å². The third-order valence-electron chi connectivity index (χ3n) is 3.07. The number of rotatable bonds is 4. The number of thiophene rings is 1. The highest BCUT2D eigenvalue weighted by Gasteiger charge is 2.19. The molecule has 1 aromatic carbocycles. The number of hydrogen-bond donors (Lipinski definition) is 0. The lowest BCUT2D eigenvalue weighted by Crippen LogP contribution is -2.25. The number of thiazole rings is 1. The van der Waals surface area contributed by atoms with Crippen molar-refractivity contribution in [3.8, 4) is 0 Å². The summed E-state index contributed by atoms with van der Waals surface area (Å²) in [6, 6.07) is 9.09. The van der Waals surface area contributed by atoms with E-state index in [0.717, 1.165) is 26.6 Å². The van der Waals surface area contributed by atoms with E-state index in [9.17, 15) is 14.9 Å². The van der Waals surface area contributed by atoms with Crippen LogP contribution in [-0.2, 0) is 6.54 Å². The molecule has 0 saturated heterocycles. The molecule has 112 valence electrons. The van der Waals surface area contributed by atoms with Gasteiger partial charge in [0.25, 0.3) is 5.91 Å². The molecule has 0 aliphatic heterocycles. The maximum Gasteiger partial charge on any atom is 0.324 e. The number of carbonyl (C=O) groups is 1. The third kappa shape index (κ3) is 2.83. The van der Waals surface area contributed by atoms with Crippen LogP contribution in [0, 0.1) is 10.1 Å². The largest absolute Gasteiger partial charge is 0.335 e. The molecule has 8 heteroatoms. The predicted octanol–water partition coefficient (Wildman–Crippen LogP) is 3.54. The quantitative estimate of drug-likeness (QED) is 0.540. The van der Waals surface area contributed by atoms with Gasteiger partial charge < -0.3 is 4.90 Å². The molecule has 0 N–H and O–H groups in total. The molecule has 1 amide bonds. The van der Waals surface area contributed by atoms with Crippen LogP contribution in [-0.4, -0.2) is 27.8 Å². The number of benzene rings is 1. The molecule has 3 aromatic rings. The zero-order valence-corrected chi connectivity index (χ0v) is 13.2. The SMILES string of the molecule is CN(Cc1nc2ccccc2s1)C(=O)c1csc([N+](=O)[O-])c1. The first-order valence-corrected chi connectivity index (χ1v) is 8.07. The molecule has 0 bridgehead atoms. The Bertz CT molecular complexity index is 823. The van der Waals surface area contributed by atoms with Crippen LogP contribution in [0.15, 0.2) is 35.7 Å². The molecule has 0 atom stereocenters. The summed E-state index contributed by atoms with van der Waals surface area (Å²) in [7, 11) is 1.66. The molecule has 0 spiro atoms. The third-order valence-corrected chi connectivity index (χ3v) is 4.97. The second-order valence-corrected chi connectivity index (χ2v) is 6.67. The summed E-state index contributed by atoms with van der Waals surface area (Å²) in [6.45, 7) is 0.377. The molecule has 0 unspecified atom stereocenters. The van der Waals surface area contributed by atoms with Gasteiger partial charge >= 0.3 is 5.00 Å². The smallest absolute Gasteiger partial charge is 0.324 e. The van der Waals surface area contributed by atoms with Crippen LogP contribution >= 0.6 is 22.7 Å². The fourth-order valence-corrected chi connectivity index (χ4v) is 3.73. The number of aromatic nitrogens is 1. The Morgan fingerprint density at radius 3 is 2.86 bits per heavy atom. The van der Waals surface area contributed by atoms with Crippen molar-refractivity contribution in [2.24, 2.45) is 0 Å². The van der Waals surface area contributed by atoms with Crippen LogP contribution in [0.25, 0.3) is 10.2 Å². The summed E-state index contributed by atoms with van der Waals surface area (Å²) in [4.78, 5) is 28.5. The number of nitrogens with zero attached hydrogens (tertiary/aromatic N) is 3.